The molecule has 0 heterocycles. The summed E-state index contributed by atoms with van der Waals surface area (Å²) in [6, 6.07) is 0. The first-order valence-electron chi connectivity index (χ1n) is 5.54. The summed E-state index contributed by atoms with van der Waals surface area (Å²) in [4.78, 5) is 0. The molecule has 1 rings (SSSR count). The van der Waals surface area contributed by atoms with Crippen molar-refractivity contribution in [1.82, 2.24) is 0 Å². The lowest BCUT2D eigenvalue weighted by molar-refractivity contribution is 0.0952. The Morgan fingerprint density at radius 3 is 1.77 bits per heavy atom. The lowest BCUT2D eigenvalue weighted by Gasteiger charge is -2.35. The minimum Gasteiger partial charge on any atom is -0.415 e. The molecule has 0 bridgehead atoms. The molecule has 0 spiro atoms. The normalized spacial score (nSPS) is 36.2. The summed E-state index contributed by atoms with van der Waals surface area (Å²) < 4.78 is 6.16. The minimum absolute atomic E-state index is 0.561. The SMILES string of the molecule is CC1CC(C)CC(O[Si](C)(C)C)C1. The van der Waals surface area contributed by atoms with E-state index >= 15 is 0 Å². The van der Waals surface area contributed by atoms with E-state index in [2.05, 4.69) is 33.5 Å². The van der Waals surface area contributed by atoms with E-state index in [1.54, 1.807) is 0 Å². The summed E-state index contributed by atoms with van der Waals surface area (Å²) in [7, 11) is -1.30. The fraction of sp³-hybridized carbons (Fsp3) is 1.00. The van der Waals surface area contributed by atoms with Crippen LogP contribution in [0.25, 0.3) is 0 Å². The lowest BCUT2D eigenvalue weighted by atomic mass is 9.82. The van der Waals surface area contributed by atoms with Crippen molar-refractivity contribution in [2.45, 2.75) is 58.9 Å². The van der Waals surface area contributed by atoms with Gasteiger partial charge in [-0.05, 0) is 50.7 Å². The highest BCUT2D eigenvalue weighted by Crippen LogP contribution is 2.31. The van der Waals surface area contributed by atoms with E-state index in [4.69, 9.17) is 4.43 Å². The predicted molar refractivity (Wildman–Crippen MR) is 60.4 cm³/mol. The summed E-state index contributed by atoms with van der Waals surface area (Å²) in [5.41, 5.74) is 0. The molecule has 2 heteroatoms. The van der Waals surface area contributed by atoms with Crippen LogP contribution in [-0.4, -0.2) is 14.4 Å². The van der Waals surface area contributed by atoms with Crippen LogP contribution < -0.4 is 0 Å². The molecule has 2 unspecified atom stereocenters. The molecule has 0 aromatic carbocycles. The van der Waals surface area contributed by atoms with Gasteiger partial charge in [-0.2, -0.15) is 0 Å². The van der Waals surface area contributed by atoms with Gasteiger partial charge in [0.25, 0.3) is 0 Å². The van der Waals surface area contributed by atoms with Crippen molar-refractivity contribution < 1.29 is 4.43 Å². The van der Waals surface area contributed by atoms with Gasteiger partial charge in [0.05, 0.1) is 0 Å². The molecule has 0 aromatic heterocycles. The van der Waals surface area contributed by atoms with Gasteiger partial charge < -0.3 is 4.43 Å². The molecule has 0 saturated heterocycles. The molecular weight excluding hydrogens is 176 g/mol. The second-order valence-electron chi connectivity index (χ2n) is 5.77. The highest BCUT2D eigenvalue weighted by molar-refractivity contribution is 6.69. The maximum absolute atomic E-state index is 6.16. The molecule has 1 nitrogen and oxygen atoms in total. The van der Waals surface area contributed by atoms with Crippen molar-refractivity contribution in [3.8, 4) is 0 Å². The Balaban J connectivity index is 2.42. The van der Waals surface area contributed by atoms with Gasteiger partial charge in [-0.25, -0.2) is 0 Å². The quantitative estimate of drug-likeness (QED) is 0.618. The van der Waals surface area contributed by atoms with Crippen LogP contribution >= 0.6 is 0 Å². The average Bonchev–Trinajstić information content (AvgIpc) is 1.78. The molecule has 0 amide bonds. The fourth-order valence-electron chi connectivity index (χ4n) is 2.47. The van der Waals surface area contributed by atoms with E-state index in [-0.39, 0.29) is 0 Å². The van der Waals surface area contributed by atoms with Crippen molar-refractivity contribution >= 4 is 8.32 Å². The van der Waals surface area contributed by atoms with Gasteiger partial charge in [0.1, 0.15) is 0 Å². The van der Waals surface area contributed by atoms with Crippen molar-refractivity contribution in [2.75, 3.05) is 0 Å². The summed E-state index contributed by atoms with van der Waals surface area (Å²) in [6.45, 7) is 11.6. The topological polar surface area (TPSA) is 9.23 Å². The Morgan fingerprint density at radius 1 is 0.923 bits per heavy atom. The molecular formula is C11H24OSi. The maximum atomic E-state index is 6.16. The molecule has 1 aliphatic rings. The summed E-state index contributed by atoms with van der Waals surface area (Å²) >= 11 is 0. The second kappa shape index (κ2) is 4.14. The van der Waals surface area contributed by atoms with E-state index in [1.807, 2.05) is 0 Å². The first-order valence-corrected chi connectivity index (χ1v) is 8.95. The van der Waals surface area contributed by atoms with Gasteiger partial charge in [-0.15, -0.1) is 0 Å². The molecule has 0 aromatic rings. The van der Waals surface area contributed by atoms with Gasteiger partial charge >= 0.3 is 0 Å². The smallest absolute Gasteiger partial charge is 0.184 e. The molecule has 0 radical (unpaired) electrons. The van der Waals surface area contributed by atoms with Crippen LogP contribution in [0.1, 0.15) is 33.1 Å². The van der Waals surface area contributed by atoms with E-state index in [0.29, 0.717) is 6.10 Å². The summed E-state index contributed by atoms with van der Waals surface area (Å²) in [6.07, 6.45) is 4.53. The average molecular weight is 200 g/mol. The molecule has 1 saturated carbocycles. The minimum atomic E-state index is -1.30. The predicted octanol–water partition coefficient (Wildman–Crippen LogP) is 3.66. The Labute approximate surface area is 84.0 Å². The molecule has 78 valence electrons. The summed E-state index contributed by atoms with van der Waals surface area (Å²) in [5.74, 6) is 1.73. The molecule has 13 heavy (non-hydrogen) atoms. The zero-order valence-electron chi connectivity index (χ0n) is 9.76. The third kappa shape index (κ3) is 4.27. The van der Waals surface area contributed by atoms with Crippen LogP contribution in [0.3, 0.4) is 0 Å². The van der Waals surface area contributed by atoms with E-state index in [1.165, 1.54) is 19.3 Å². The molecule has 0 N–H and O–H groups in total. The standard InChI is InChI=1S/C11H24OSi/c1-9-6-10(2)8-11(7-9)12-13(3,4)5/h9-11H,6-8H2,1-5H3. The number of rotatable bonds is 2. The first kappa shape index (κ1) is 11.3. The van der Waals surface area contributed by atoms with Gasteiger partial charge in [-0.1, -0.05) is 13.8 Å². The van der Waals surface area contributed by atoms with Gasteiger partial charge in [0, 0.05) is 6.10 Å². The fourth-order valence-corrected chi connectivity index (χ4v) is 3.66. The molecule has 2 atom stereocenters. The first-order chi connectivity index (χ1) is 5.87. The van der Waals surface area contributed by atoms with E-state index in [9.17, 15) is 0 Å². The zero-order valence-corrected chi connectivity index (χ0v) is 10.8. The van der Waals surface area contributed by atoms with E-state index < -0.39 is 8.32 Å². The summed E-state index contributed by atoms with van der Waals surface area (Å²) in [5, 5.41) is 0. The highest BCUT2D eigenvalue weighted by Gasteiger charge is 2.28. The van der Waals surface area contributed by atoms with Crippen LogP contribution in [0.15, 0.2) is 0 Å². The Kier molecular flexibility index (Phi) is 3.58. The molecule has 1 aliphatic carbocycles. The molecule has 0 aliphatic heterocycles. The second-order valence-corrected chi connectivity index (χ2v) is 10.2. The van der Waals surface area contributed by atoms with Crippen molar-refractivity contribution in [1.29, 1.82) is 0 Å². The maximum Gasteiger partial charge on any atom is 0.184 e. The molecule has 1 fully saturated rings. The van der Waals surface area contributed by atoms with Gasteiger partial charge in [-0.3, -0.25) is 0 Å². The third-order valence-electron chi connectivity index (χ3n) is 2.66. The van der Waals surface area contributed by atoms with Crippen LogP contribution in [0, 0.1) is 11.8 Å². The monoisotopic (exact) mass is 200 g/mol. The third-order valence-corrected chi connectivity index (χ3v) is 3.70. The van der Waals surface area contributed by atoms with Gasteiger partial charge in [0.2, 0.25) is 0 Å². The number of hydrogen-bond donors (Lipinski definition) is 0. The Hall–Kier alpha value is 0.177. The van der Waals surface area contributed by atoms with Crippen LogP contribution in [0.4, 0.5) is 0 Å². The largest absolute Gasteiger partial charge is 0.415 e. The Bertz CT molecular complexity index is 152. The van der Waals surface area contributed by atoms with Crippen LogP contribution in [0.2, 0.25) is 19.6 Å². The lowest BCUT2D eigenvalue weighted by Crippen LogP contribution is -2.36. The van der Waals surface area contributed by atoms with Crippen molar-refractivity contribution in [3.05, 3.63) is 0 Å². The highest BCUT2D eigenvalue weighted by atomic mass is 28.4. The van der Waals surface area contributed by atoms with Gasteiger partial charge in [0.15, 0.2) is 8.32 Å². The van der Waals surface area contributed by atoms with Crippen LogP contribution in [0.5, 0.6) is 0 Å². The van der Waals surface area contributed by atoms with E-state index in [0.717, 1.165) is 11.8 Å². The van der Waals surface area contributed by atoms with Crippen molar-refractivity contribution in [3.63, 3.8) is 0 Å². The number of hydrogen-bond acceptors (Lipinski definition) is 1. The van der Waals surface area contributed by atoms with Crippen LogP contribution in [-0.2, 0) is 4.43 Å². The Morgan fingerprint density at radius 2 is 1.38 bits per heavy atom. The zero-order chi connectivity index (χ0) is 10.1. The van der Waals surface area contributed by atoms with Crippen molar-refractivity contribution in [2.24, 2.45) is 11.8 Å².